The van der Waals surface area contributed by atoms with Gasteiger partial charge in [-0.1, -0.05) is 6.07 Å². The van der Waals surface area contributed by atoms with Crippen molar-refractivity contribution in [1.29, 1.82) is 0 Å². The molecule has 0 saturated carbocycles. The molecule has 0 unspecified atom stereocenters. The fraction of sp³-hybridized carbons (Fsp3) is 0.588. The van der Waals surface area contributed by atoms with Crippen LogP contribution >= 0.6 is 0 Å². The summed E-state index contributed by atoms with van der Waals surface area (Å²) >= 11 is 0. The molecule has 5 nitrogen and oxygen atoms in total. The van der Waals surface area contributed by atoms with Crippen molar-refractivity contribution in [1.82, 2.24) is 10.2 Å². The Labute approximate surface area is 137 Å². The third kappa shape index (κ3) is 5.80. The number of anilines is 1. The molecule has 0 radical (unpaired) electrons. The van der Waals surface area contributed by atoms with E-state index in [1.165, 1.54) is 12.1 Å². The van der Waals surface area contributed by atoms with Crippen LogP contribution in [-0.4, -0.2) is 50.8 Å². The van der Waals surface area contributed by atoms with Gasteiger partial charge >= 0.3 is 6.03 Å². The lowest BCUT2D eigenvalue weighted by atomic mass is 10.1. The summed E-state index contributed by atoms with van der Waals surface area (Å²) in [6.45, 7) is 6.38. The van der Waals surface area contributed by atoms with Gasteiger partial charge in [0.05, 0.1) is 0 Å². The van der Waals surface area contributed by atoms with Crippen molar-refractivity contribution in [3.8, 4) is 0 Å². The molecule has 6 heteroatoms. The molecule has 1 atom stereocenters. The molecule has 1 aliphatic rings. The van der Waals surface area contributed by atoms with Crippen LogP contribution in [0.5, 0.6) is 0 Å². The van der Waals surface area contributed by atoms with Gasteiger partial charge in [-0.15, -0.1) is 0 Å². The Balaban J connectivity index is 1.70. The van der Waals surface area contributed by atoms with Gasteiger partial charge in [-0.3, -0.25) is 0 Å². The van der Waals surface area contributed by atoms with Gasteiger partial charge in [-0.05, 0) is 49.9 Å². The molecule has 0 spiro atoms. The molecule has 0 aromatic heterocycles. The molecule has 2 amide bonds. The molecule has 1 saturated heterocycles. The third-order valence-corrected chi connectivity index (χ3v) is 4.19. The summed E-state index contributed by atoms with van der Waals surface area (Å²) in [5.74, 6) is 0.116. The number of carbonyl (C=O) groups excluding carboxylic acids is 1. The molecular weight excluding hydrogens is 297 g/mol. The number of benzene rings is 1. The fourth-order valence-electron chi connectivity index (χ4n) is 2.85. The van der Waals surface area contributed by atoms with Gasteiger partial charge in [0.1, 0.15) is 5.82 Å². The summed E-state index contributed by atoms with van der Waals surface area (Å²) < 4.78 is 18.3. The lowest BCUT2D eigenvalue weighted by Crippen LogP contribution is -2.34. The number of ether oxygens (including phenoxy) is 1. The Morgan fingerprint density at radius 1 is 1.48 bits per heavy atom. The summed E-state index contributed by atoms with van der Waals surface area (Å²) in [6, 6.07) is 4.09. The standard InChI is InChI=1S/C17H26FN3O2/c1-13-4-5-15(18)10-16(13)20-17(22)19-11-14-6-8-21(12-14)7-3-9-23-2/h4-5,10,14H,3,6-9,11-12H2,1-2H3,(H2,19,20,22)/t14-/m1/s1. The highest BCUT2D eigenvalue weighted by molar-refractivity contribution is 5.90. The molecule has 2 rings (SSSR count). The van der Waals surface area contributed by atoms with Crippen LogP contribution in [0.2, 0.25) is 0 Å². The molecule has 1 aliphatic heterocycles. The van der Waals surface area contributed by atoms with E-state index < -0.39 is 0 Å². The number of methoxy groups -OCH3 is 1. The van der Waals surface area contributed by atoms with E-state index in [1.54, 1.807) is 13.2 Å². The first kappa shape index (κ1) is 17.7. The molecule has 23 heavy (non-hydrogen) atoms. The van der Waals surface area contributed by atoms with Crippen molar-refractivity contribution in [3.05, 3.63) is 29.6 Å². The SMILES string of the molecule is COCCCN1CC[C@H](CNC(=O)Nc2cc(F)ccc2C)C1. The Bertz CT molecular complexity index is 525. The van der Waals surface area contributed by atoms with Crippen molar-refractivity contribution < 1.29 is 13.9 Å². The Hall–Kier alpha value is -1.66. The highest BCUT2D eigenvalue weighted by atomic mass is 19.1. The van der Waals surface area contributed by atoms with Gasteiger partial charge in [0.2, 0.25) is 0 Å². The summed E-state index contributed by atoms with van der Waals surface area (Å²) in [6.07, 6.45) is 2.13. The monoisotopic (exact) mass is 323 g/mol. The number of rotatable bonds is 7. The average molecular weight is 323 g/mol. The number of hydrogen-bond acceptors (Lipinski definition) is 3. The minimum atomic E-state index is -0.353. The molecular formula is C17H26FN3O2. The largest absolute Gasteiger partial charge is 0.385 e. The van der Waals surface area contributed by atoms with Crippen LogP contribution in [0.1, 0.15) is 18.4 Å². The lowest BCUT2D eigenvalue weighted by Gasteiger charge is -2.16. The Kier molecular flexibility index (Phi) is 6.80. The molecule has 1 aromatic rings. The molecule has 128 valence electrons. The quantitative estimate of drug-likeness (QED) is 0.759. The first-order chi connectivity index (χ1) is 11.1. The van der Waals surface area contributed by atoms with Gasteiger partial charge in [0, 0.05) is 39.0 Å². The second-order valence-electron chi connectivity index (χ2n) is 6.10. The number of urea groups is 1. The number of nitrogens with zero attached hydrogens (tertiary/aromatic N) is 1. The van der Waals surface area contributed by atoms with Crippen LogP contribution in [-0.2, 0) is 4.74 Å². The molecule has 0 bridgehead atoms. The van der Waals surface area contributed by atoms with Crippen molar-refractivity contribution in [2.24, 2.45) is 5.92 Å². The third-order valence-electron chi connectivity index (χ3n) is 4.19. The van der Waals surface area contributed by atoms with Crippen LogP contribution in [0.15, 0.2) is 18.2 Å². The molecule has 1 heterocycles. The second-order valence-corrected chi connectivity index (χ2v) is 6.10. The van der Waals surface area contributed by atoms with E-state index in [0.29, 0.717) is 18.2 Å². The van der Waals surface area contributed by atoms with E-state index in [4.69, 9.17) is 4.74 Å². The molecule has 0 aliphatic carbocycles. The topological polar surface area (TPSA) is 53.6 Å². The van der Waals surface area contributed by atoms with Gasteiger partial charge in [0.15, 0.2) is 0 Å². The van der Waals surface area contributed by atoms with Crippen LogP contribution in [0.25, 0.3) is 0 Å². The number of aryl methyl sites for hydroxylation is 1. The maximum absolute atomic E-state index is 13.2. The van der Waals surface area contributed by atoms with E-state index >= 15 is 0 Å². The zero-order valence-electron chi connectivity index (χ0n) is 13.9. The van der Waals surface area contributed by atoms with E-state index in [0.717, 1.165) is 44.6 Å². The Morgan fingerprint density at radius 2 is 2.30 bits per heavy atom. The zero-order valence-corrected chi connectivity index (χ0v) is 13.9. The van der Waals surface area contributed by atoms with Crippen LogP contribution in [0, 0.1) is 18.7 Å². The van der Waals surface area contributed by atoms with Crippen LogP contribution < -0.4 is 10.6 Å². The van der Waals surface area contributed by atoms with Gasteiger partial charge in [-0.2, -0.15) is 0 Å². The predicted octanol–water partition coefficient (Wildman–Crippen LogP) is 2.61. The van der Waals surface area contributed by atoms with Crippen molar-refractivity contribution in [2.45, 2.75) is 19.8 Å². The summed E-state index contributed by atoms with van der Waals surface area (Å²) in [7, 11) is 1.72. The first-order valence-corrected chi connectivity index (χ1v) is 8.11. The first-order valence-electron chi connectivity index (χ1n) is 8.11. The van der Waals surface area contributed by atoms with Crippen molar-refractivity contribution in [3.63, 3.8) is 0 Å². The van der Waals surface area contributed by atoms with Crippen LogP contribution in [0.3, 0.4) is 0 Å². The van der Waals surface area contributed by atoms with E-state index in [1.807, 2.05) is 6.92 Å². The number of amides is 2. The normalized spacial score (nSPS) is 18.1. The zero-order chi connectivity index (χ0) is 16.7. The number of hydrogen-bond donors (Lipinski definition) is 2. The number of halogens is 1. The van der Waals surface area contributed by atoms with E-state index in [-0.39, 0.29) is 11.8 Å². The highest BCUT2D eigenvalue weighted by Crippen LogP contribution is 2.17. The smallest absolute Gasteiger partial charge is 0.319 e. The summed E-state index contributed by atoms with van der Waals surface area (Å²) in [5.41, 5.74) is 1.35. The maximum Gasteiger partial charge on any atom is 0.319 e. The van der Waals surface area contributed by atoms with Gasteiger partial charge < -0.3 is 20.3 Å². The van der Waals surface area contributed by atoms with E-state index in [9.17, 15) is 9.18 Å². The average Bonchev–Trinajstić information content (AvgIpc) is 2.97. The highest BCUT2D eigenvalue weighted by Gasteiger charge is 2.22. The summed E-state index contributed by atoms with van der Waals surface area (Å²) in [4.78, 5) is 14.4. The molecule has 1 fully saturated rings. The second kappa shape index (κ2) is 8.84. The fourth-order valence-corrected chi connectivity index (χ4v) is 2.85. The van der Waals surface area contributed by atoms with Crippen molar-refractivity contribution >= 4 is 11.7 Å². The molecule has 1 aromatic carbocycles. The number of carbonyl (C=O) groups is 1. The summed E-state index contributed by atoms with van der Waals surface area (Å²) in [5, 5.41) is 5.59. The lowest BCUT2D eigenvalue weighted by molar-refractivity contribution is 0.178. The predicted molar refractivity (Wildman–Crippen MR) is 89.2 cm³/mol. The maximum atomic E-state index is 13.2. The van der Waals surface area contributed by atoms with Crippen LogP contribution in [0.4, 0.5) is 14.9 Å². The van der Waals surface area contributed by atoms with Gasteiger partial charge in [-0.25, -0.2) is 9.18 Å². The van der Waals surface area contributed by atoms with Crippen molar-refractivity contribution in [2.75, 3.05) is 45.2 Å². The minimum absolute atomic E-state index is 0.281. The number of likely N-dealkylation sites (tertiary alicyclic amines) is 1. The van der Waals surface area contributed by atoms with E-state index in [2.05, 4.69) is 15.5 Å². The van der Waals surface area contributed by atoms with Gasteiger partial charge in [0.25, 0.3) is 0 Å². The number of nitrogens with one attached hydrogen (secondary N) is 2. The Morgan fingerprint density at radius 3 is 3.09 bits per heavy atom. The molecule has 2 N–H and O–H groups in total. The minimum Gasteiger partial charge on any atom is -0.385 e.